The third-order valence-electron chi connectivity index (χ3n) is 3.36. The minimum atomic E-state index is -2.88. The Bertz CT molecular complexity index is 840. The van der Waals surface area contributed by atoms with E-state index in [2.05, 4.69) is 14.9 Å². The molecule has 3 rings (SSSR count). The lowest BCUT2D eigenvalue weighted by Gasteiger charge is -2.11. The number of rotatable bonds is 6. The first-order chi connectivity index (χ1) is 11.7. The second-order valence-corrected chi connectivity index (χ2v) is 5.85. The first-order valence-corrected chi connectivity index (χ1v) is 8.11. The van der Waals surface area contributed by atoms with Gasteiger partial charge in [-0.05, 0) is 17.7 Å². The van der Waals surface area contributed by atoms with E-state index in [0.717, 1.165) is 21.4 Å². The molecule has 124 valence electrons. The van der Waals surface area contributed by atoms with Crippen LogP contribution in [0.5, 0.6) is 11.5 Å². The fourth-order valence-corrected chi connectivity index (χ4v) is 3.18. The van der Waals surface area contributed by atoms with E-state index in [9.17, 15) is 8.78 Å². The molecule has 0 saturated heterocycles. The topological polar surface area (TPSA) is 44.2 Å². The van der Waals surface area contributed by atoms with Gasteiger partial charge in [0.2, 0.25) is 0 Å². The van der Waals surface area contributed by atoms with Gasteiger partial charge in [-0.2, -0.15) is 13.9 Å². The van der Waals surface area contributed by atoms with Gasteiger partial charge < -0.3 is 9.47 Å². The van der Waals surface area contributed by atoms with Crippen LogP contribution in [0.1, 0.15) is 5.56 Å². The number of alkyl halides is 2. The van der Waals surface area contributed by atoms with Gasteiger partial charge in [0.05, 0.1) is 13.3 Å². The van der Waals surface area contributed by atoms with Crippen LogP contribution in [0.2, 0.25) is 0 Å². The summed E-state index contributed by atoms with van der Waals surface area (Å²) in [4.78, 5) is 0. The molecule has 7 heteroatoms. The monoisotopic (exact) mass is 348 g/mol. The van der Waals surface area contributed by atoms with Crippen molar-refractivity contribution in [2.75, 3.05) is 7.11 Å². The second-order valence-electron chi connectivity index (χ2n) is 4.89. The van der Waals surface area contributed by atoms with Crippen molar-refractivity contribution >= 4 is 22.5 Å². The number of hydrogen-bond acceptors (Lipinski definition) is 5. The maximum Gasteiger partial charge on any atom is 0.387 e. The Labute approximate surface area is 141 Å². The van der Waals surface area contributed by atoms with E-state index in [1.807, 2.05) is 24.3 Å². The van der Waals surface area contributed by atoms with Gasteiger partial charge in [-0.1, -0.05) is 42.1 Å². The molecule has 24 heavy (non-hydrogen) atoms. The molecule has 0 radical (unpaired) electrons. The van der Waals surface area contributed by atoms with Crippen LogP contribution >= 0.6 is 11.8 Å². The summed E-state index contributed by atoms with van der Waals surface area (Å²) in [6.07, 6.45) is 1.72. The van der Waals surface area contributed by atoms with Crippen molar-refractivity contribution in [3.63, 3.8) is 0 Å². The average Bonchev–Trinajstić information content (AvgIpc) is 2.60. The van der Waals surface area contributed by atoms with Gasteiger partial charge in [0.25, 0.3) is 0 Å². The molecule has 0 atom stereocenters. The summed E-state index contributed by atoms with van der Waals surface area (Å²) in [5.74, 6) is 0.900. The van der Waals surface area contributed by atoms with Gasteiger partial charge in [-0.15, -0.1) is 5.10 Å². The van der Waals surface area contributed by atoms with E-state index < -0.39 is 6.61 Å². The van der Waals surface area contributed by atoms with Gasteiger partial charge in [-0.3, -0.25) is 0 Å². The lowest BCUT2D eigenvalue weighted by molar-refractivity contribution is -0.0512. The molecule has 0 N–H and O–H groups in total. The highest BCUT2D eigenvalue weighted by Gasteiger charge is 2.12. The van der Waals surface area contributed by atoms with E-state index in [1.54, 1.807) is 18.3 Å². The Hall–Kier alpha value is -2.41. The smallest absolute Gasteiger partial charge is 0.387 e. The quantitative estimate of drug-likeness (QED) is 0.612. The van der Waals surface area contributed by atoms with E-state index in [1.165, 1.54) is 24.9 Å². The Balaban J connectivity index is 1.79. The molecule has 0 spiro atoms. The molecule has 2 aromatic carbocycles. The number of fused-ring (bicyclic) bond motifs is 1. The van der Waals surface area contributed by atoms with Crippen molar-refractivity contribution in [2.24, 2.45) is 0 Å². The minimum absolute atomic E-state index is 0.0196. The average molecular weight is 348 g/mol. The normalized spacial score (nSPS) is 11.0. The number of ether oxygens (including phenoxy) is 2. The van der Waals surface area contributed by atoms with Gasteiger partial charge in [0, 0.05) is 16.5 Å². The summed E-state index contributed by atoms with van der Waals surface area (Å²) in [5, 5.41) is 11.1. The number of halogens is 2. The van der Waals surface area contributed by atoms with E-state index in [0.29, 0.717) is 5.75 Å². The molecular weight excluding hydrogens is 334 g/mol. The molecular formula is C17H14F2N2O2S. The number of nitrogens with zero attached hydrogens (tertiary/aromatic N) is 2. The van der Waals surface area contributed by atoms with Crippen LogP contribution < -0.4 is 9.47 Å². The van der Waals surface area contributed by atoms with Gasteiger partial charge >= 0.3 is 6.61 Å². The summed E-state index contributed by atoms with van der Waals surface area (Å²) in [6.45, 7) is -2.88. The molecule has 1 heterocycles. The maximum absolute atomic E-state index is 12.4. The highest BCUT2D eigenvalue weighted by molar-refractivity contribution is 7.98. The number of methoxy groups -OCH3 is 1. The van der Waals surface area contributed by atoms with Crippen LogP contribution in [0.15, 0.2) is 53.7 Å². The standard InChI is InChI=1S/C17H14F2N2O2S/c1-22-15-8-11(6-7-14(15)23-17(18)19)10-24-16-13-5-3-2-4-12(13)9-20-21-16/h2-9,17H,10H2,1H3. The molecule has 4 nitrogen and oxygen atoms in total. The first kappa shape index (κ1) is 16.4. The first-order valence-electron chi connectivity index (χ1n) is 7.12. The van der Waals surface area contributed by atoms with Crippen molar-refractivity contribution in [1.82, 2.24) is 10.2 Å². The summed E-state index contributed by atoms with van der Waals surface area (Å²) in [5.41, 5.74) is 0.910. The summed E-state index contributed by atoms with van der Waals surface area (Å²) in [7, 11) is 1.42. The van der Waals surface area contributed by atoms with E-state index >= 15 is 0 Å². The molecule has 0 saturated carbocycles. The Morgan fingerprint density at radius 1 is 1.12 bits per heavy atom. The van der Waals surface area contributed by atoms with E-state index in [-0.39, 0.29) is 11.5 Å². The fourth-order valence-electron chi connectivity index (χ4n) is 2.26. The molecule has 0 aliphatic carbocycles. The van der Waals surface area contributed by atoms with Crippen LogP contribution in [-0.4, -0.2) is 23.9 Å². The van der Waals surface area contributed by atoms with E-state index in [4.69, 9.17) is 4.74 Å². The van der Waals surface area contributed by atoms with Gasteiger partial charge in [0.15, 0.2) is 11.5 Å². The van der Waals surface area contributed by atoms with Crippen LogP contribution in [0, 0.1) is 0 Å². The fraction of sp³-hybridized carbons (Fsp3) is 0.176. The highest BCUT2D eigenvalue weighted by atomic mass is 32.2. The van der Waals surface area contributed by atoms with Crippen molar-refractivity contribution in [3.8, 4) is 11.5 Å². The lowest BCUT2D eigenvalue weighted by atomic mass is 10.2. The maximum atomic E-state index is 12.4. The molecule has 1 aromatic heterocycles. The number of thioether (sulfide) groups is 1. The molecule has 0 fully saturated rings. The minimum Gasteiger partial charge on any atom is -0.493 e. The van der Waals surface area contributed by atoms with Crippen LogP contribution in [0.25, 0.3) is 10.8 Å². The van der Waals surface area contributed by atoms with Gasteiger partial charge in [-0.25, -0.2) is 0 Å². The second kappa shape index (κ2) is 7.44. The molecule has 3 aromatic rings. The molecule has 0 amide bonds. The van der Waals surface area contributed by atoms with Crippen molar-refractivity contribution < 1.29 is 18.3 Å². The zero-order valence-corrected chi connectivity index (χ0v) is 13.6. The van der Waals surface area contributed by atoms with Crippen LogP contribution in [0.4, 0.5) is 8.78 Å². The van der Waals surface area contributed by atoms with Crippen LogP contribution in [0.3, 0.4) is 0 Å². The molecule has 0 aliphatic rings. The third kappa shape index (κ3) is 3.73. The number of hydrogen-bond donors (Lipinski definition) is 0. The summed E-state index contributed by atoms with van der Waals surface area (Å²) in [6, 6.07) is 12.8. The zero-order chi connectivity index (χ0) is 16.9. The predicted molar refractivity (Wildman–Crippen MR) is 88.7 cm³/mol. The van der Waals surface area contributed by atoms with Crippen LogP contribution in [-0.2, 0) is 5.75 Å². The lowest BCUT2D eigenvalue weighted by Crippen LogP contribution is -2.03. The zero-order valence-electron chi connectivity index (χ0n) is 12.8. The summed E-state index contributed by atoms with van der Waals surface area (Å²) < 4.78 is 34.3. The predicted octanol–water partition coefficient (Wildman–Crippen LogP) is 4.53. The summed E-state index contributed by atoms with van der Waals surface area (Å²) >= 11 is 1.52. The number of aromatic nitrogens is 2. The van der Waals surface area contributed by atoms with Crippen molar-refractivity contribution in [1.29, 1.82) is 0 Å². The Morgan fingerprint density at radius 3 is 2.75 bits per heavy atom. The van der Waals surface area contributed by atoms with Gasteiger partial charge in [0.1, 0.15) is 5.03 Å². The molecule has 0 aliphatic heterocycles. The molecule has 0 unspecified atom stereocenters. The van der Waals surface area contributed by atoms with Crippen molar-refractivity contribution in [2.45, 2.75) is 17.4 Å². The Morgan fingerprint density at radius 2 is 1.96 bits per heavy atom. The molecule has 0 bridgehead atoms. The largest absolute Gasteiger partial charge is 0.493 e. The SMILES string of the molecule is COc1cc(CSc2nncc3ccccc23)ccc1OC(F)F. The number of benzene rings is 2. The third-order valence-corrected chi connectivity index (χ3v) is 4.41. The highest BCUT2D eigenvalue weighted by Crippen LogP contribution is 2.33. The van der Waals surface area contributed by atoms with Crippen molar-refractivity contribution in [3.05, 3.63) is 54.2 Å². The Kier molecular flexibility index (Phi) is 5.10.